The van der Waals surface area contributed by atoms with Gasteiger partial charge in [-0.05, 0) is 33.6 Å². The van der Waals surface area contributed by atoms with Gasteiger partial charge in [-0.2, -0.15) is 4.31 Å². The van der Waals surface area contributed by atoms with E-state index in [1.165, 1.54) is 0 Å². The van der Waals surface area contributed by atoms with Gasteiger partial charge in [0.05, 0.1) is 18.0 Å². The molecule has 0 amide bonds. The minimum absolute atomic E-state index is 0.0288. The molecule has 1 saturated carbocycles. The molecule has 1 aliphatic carbocycles. The van der Waals surface area contributed by atoms with E-state index < -0.39 is 10.0 Å². The van der Waals surface area contributed by atoms with E-state index in [-0.39, 0.29) is 16.9 Å². The number of rotatable bonds is 4. The highest BCUT2D eigenvalue weighted by molar-refractivity contribution is 7.90. The SMILES string of the molecule is CC(C)(C)NCC1CN(S(=O)(=O)C2CC2)CCO1. The van der Waals surface area contributed by atoms with Gasteiger partial charge in [0, 0.05) is 25.2 Å². The summed E-state index contributed by atoms with van der Waals surface area (Å²) in [7, 11) is -3.05. The monoisotopic (exact) mass is 276 g/mol. The summed E-state index contributed by atoms with van der Waals surface area (Å²) in [4.78, 5) is 0. The fourth-order valence-electron chi connectivity index (χ4n) is 2.04. The molecule has 1 saturated heterocycles. The minimum atomic E-state index is -3.05. The number of nitrogens with zero attached hydrogens (tertiary/aromatic N) is 1. The molecule has 5 nitrogen and oxygen atoms in total. The molecule has 1 atom stereocenters. The van der Waals surface area contributed by atoms with E-state index in [0.717, 1.165) is 12.8 Å². The molecule has 0 radical (unpaired) electrons. The van der Waals surface area contributed by atoms with Gasteiger partial charge in [0.15, 0.2) is 0 Å². The van der Waals surface area contributed by atoms with Gasteiger partial charge in [0.2, 0.25) is 10.0 Å². The Morgan fingerprint density at radius 2 is 2.00 bits per heavy atom. The van der Waals surface area contributed by atoms with Crippen molar-refractivity contribution >= 4 is 10.0 Å². The van der Waals surface area contributed by atoms with Crippen molar-refractivity contribution in [3.8, 4) is 0 Å². The standard InChI is InChI=1S/C12H24N2O3S/c1-12(2,3)13-8-10-9-14(6-7-17-10)18(15,16)11-4-5-11/h10-11,13H,4-9H2,1-3H3. The van der Waals surface area contributed by atoms with Gasteiger partial charge in [-0.3, -0.25) is 0 Å². The van der Waals surface area contributed by atoms with Crippen LogP contribution in [0.1, 0.15) is 33.6 Å². The zero-order valence-corrected chi connectivity index (χ0v) is 12.3. The zero-order valence-electron chi connectivity index (χ0n) is 11.5. The van der Waals surface area contributed by atoms with Crippen molar-refractivity contribution in [3.05, 3.63) is 0 Å². The summed E-state index contributed by atoms with van der Waals surface area (Å²) in [5.41, 5.74) is 0.0288. The highest BCUT2D eigenvalue weighted by atomic mass is 32.2. The first-order valence-electron chi connectivity index (χ1n) is 6.64. The molecule has 0 aromatic rings. The lowest BCUT2D eigenvalue weighted by Gasteiger charge is -2.34. The van der Waals surface area contributed by atoms with Gasteiger partial charge in [-0.25, -0.2) is 8.42 Å². The summed E-state index contributed by atoms with van der Waals surface area (Å²) in [5, 5.41) is 3.24. The third-order valence-electron chi connectivity index (χ3n) is 3.27. The molecule has 0 aromatic carbocycles. The summed E-state index contributed by atoms with van der Waals surface area (Å²) in [5.74, 6) is 0. The predicted octanol–water partition coefficient (Wildman–Crippen LogP) is 0.568. The van der Waals surface area contributed by atoms with Gasteiger partial charge in [-0.1, -0.05) is 0 Å². The maximum Gasteiger partial charge on any atom is 0.217 e. The van der Waals surface area contributed by atoms with Crippen LogP contribution >= 0.6 is 0 Å². The van der Waals surface area contributed by atoms with Crippen LogP contribution in [0.25, 0.3) is 0 Å². The van der Waals surface area contributed by atoms with Crippen molar-refractivity contribution in [2.24, 2.45) is 0 Å². The van der Waals surface area contributed by atoms with Gasteiger partial charge in [0.25, 0.3) is 0 Å². The van der Waals surface area contributed by atoms with Gasteiger partial charge in [0.1, 0.15) is 0 Å². The summed E-state index contributed by atoms with van der Waals surface area (Å²) in [6.45, 7) is 8.47. The van der Waals surface area contributed by atoms with Crippen LogP contribution < -0.4 is 5.32 Å². The fraction of sp³-hybridized carbons (Fsp3) is 1.00. The van der Waals surface area contributed by atoms with E-state index >= 15 is 0 Å². The molecule has 2 rings (SSSR count). The average Bonchev–Trinajstić information content (AvgIpc) is 3.10. The summed E-state index contributed by atoms with van der Waals surface area (Å²) in [6, 6.07) is 0. The maximum atomic E-state index is 12.1. The van der Waals surface area contributed by atoms with Crippen molar-refractivity contribution in [1.29, 1.82) is 0 Å². The molecule has 1 N–H and O–H groups in total. The number of morpholine rings is 1. The van der Waals surface area contributed by atoms with Gasteiger partial charge < -0.3 is 10.1 Å². The van der Waals surface area contributed by atoms with Crippen LogP contribution in [0, 0.1) is 0 Å². The van der Waals surface area contributed by atoms with Crippen LogP contribution in [0.3, 0.4) is 0 Å². The summed E-state index contributed by atoms with van der Waals surface area (Å²) < 4.78 is 31.5. The summed E-state index contributed by atoms with van der Waals surface area (Å²) >= 11 is 0. The zero-order chi connectivity index (χ0) is 13.4. The third-order valence-corrected chi connectivity index (χ3v) is 5.63. The molecule has 0 aromatic heterocycles. The Kier molecular flexibility index (Phi) is 4.02. The predicted molar refractivity (Wildman–Crippen MR) is 71.0 cm³/mol. The third kappa shape index (κ3) is 3.66. The molecule has 0 bridgehead atoms. The van der Waals surface area contributed by atoms with Crippen molar-refractivity contribution in [2.45, 2.75) is 50.5 Å². The number of nitrogens with one attached hydrogen (secondary N) is 1. The lowest BCUT2D eigenvalue weighted by atomic mass is 10.1. The number of ether oxygens (including phenoxy) is 1. The largest absolute Gasteiger partial charge is 0.374 e. The number of hydrogen-bond donors (Lipinski definition) is 1. The average molecular weight is 276 g/mol. The second-order valence-electron chi connectivity index (χ2n) is 6.23. The molecule has 1 heterocycles. The molecule has 2 aliphatic rings. The second kappa shape index (κ2) is 5.07. The molecule has 1 unspecified atom stereocenters. The molecule has 1 aliphatic heterocycles. The van der Waals surface area contributed by atoms with Crippen LogP contribution in [0.15, 0.2) is 0 Å². The smallest absolute Gasteiger partial charge is 0.217 e. The fourth-order valence-corrected chi connectivity index (χ4v) is 3.90. The molecule has 106 valence electrons. The van der Waals surface area contributed by atoms with E-state index in [1.807, 2.05) is 0 Å². The number of sulfonamides is 1. The van der Waals surface area contributed by atoms with Gasteiger partial charge in [-0.15, -0.1) is 0 Å². The van der Waals surface area contributed by atoms with Crippen LogP contribution in [-0.4, -0.2) is 55.9 Å². The van der Waals surface area contributed by atoms with Crippen molar-refractivity contribution in [3.63, 3.8) is 0 Å². The highest BCUT2D eigenvalue weighted by Crippen LogP contribution is 2.31. The summed E-state index contributed by atoms with van der Waals surface area (Å²) in [6.07, 6.45) is 1.61. The maximum absolute atomic E-state index is 12.1. The Balaban J connectivity index is 1.88. The molecule has 6 heteroatoms. The van der Waals surface area contributed by atoms with Crippen LogP contribution in [0.5, 0.6) is 0 Å². The van der Waals surface area contributed by atoms with E-state index in [1.54, 1.807) is 4.31 Å². The first kappa shape index (κ1) is 14.2. The lowest BCUT2D eigenvalue weighted by Crippen LogP contribution is -2.51. The van der Waals surface area contributed by atoms with E-state index in [4.69, 9.17) is 4.74 Å². The van der Waals surface area contributed by atoms with E-state index in [2.05, 4.69) is 26.1 Å². The molecular weight excluding hydrogens is 252 g/mol. The Bertz CT molecular complexity index is 385. The Morgan fingerprint density at radius 3 is 2.56 bits per heavy atom. The Hall–Kier alpha value is -0.170. The van der Waals surface area contributed by atoms with Crippen LogP contribution in [0.4, 0.5) is 0 Å². The topological polar surface area (TPSA) is 58.6 Å². The second-order valence-corrected chi connectivity index (χ2v) is 8.44. The quantitative estimate of drug-likeness (QED) is 0.815. The van der Waals surface area contributed by atoms with E-state index in [0.29, 0.717) is 26.2 Å². The first-order chi connectivity index (χ1) is 8.29. The Labute approximate surface area is 110 Å². The molecule has 18 heavy (non-hydrogen) atoms. The normalized spacial score (nSPS) is 27.4. The van der Waals surface area contributed by atoms with Crippen molar-refractivity contribution in [2.75, 3.05) is 26.2 Å². The minimum Gasteiger partial charge on any atom is -0.374 e. The Morgan fingerprint density at radius 1 is 1.33 bits per heavy atom. The van der Waals surface area contributed by atoms with E-state index in [9.17, 15) is 8.42 Å². The molecule has 2 fully saturated rings. The van der Waals surface area contributed by atoms with Crippen LogP contribution in [-0.2, 0) is 14.8 Å². The van der Waals surface area contributed by atoms with Crippen molar-refractivity contribution < 1.29 is 13.2 Å². The van der Waals surface area contributed by atoms with Gasteiger partial charge >= 0.3 is 0 Å². The lowest BCUT2D eigenvalue weighted by molar-refractivity contribution is -0.00306. The number of hydrogen-bond acceptors (Lipinski definition) is 4. The molecular formula is C12H24N2O3S. The highest BCUT2D eigenvalue weighted by Gasteiger charge is 2.41. The first-order valence-corrected chi connectivity index (χ1v) is 8.15. The van der Waals surface area contributed by atoms with Crippen LogP contribution in [0.2, 0.25) is 0 Å². The van der Waals surface area contributed by atoms with Crippen molar-refractivity contribution in [1.82, 2.24) is 9.62 Å². The molecule has 0 spiro atoms.